The second kappa shape index (κ2) is 9.71. The first-order valence-corrected chi connectivity index (χ1v) is 12.4. The van der Waals surface area contributed by atoms with Crippen LogP contribution in [0.15, 0.2) is 60.8 Å². The van der Waals surface area contributed by atoms with Crippen molar-refractivity contribution in [1.29, 1.82) is 0 Å². The maximum absolute atomic E-state index is 13.5. The Morgan fingerprint density at radius 1 is 1.22 bits per heavy atom. The third-order valence-corrected chi connectivity index (χ3v) is 7.08. The van der Waals surface area contributed by atoms with Crippen molar-refractivity contribution in [3.8, 4) is 17.0 Å². The van der Waals surface area contributed by atoms with Crippen LogP contribution in [-0.4, -0.2) is 43.1 Å². The van der Waals surface area contributed by atoms with E-state index in [9.17, 15) is 23.1 Å². The molecule has 8 nitrogen and oxygen atoms in total. The number of aromatic carboxylic acids is 1. The highest BCUT2D eigenvalue weighted by molar-refractivity contribution is 7.80. The van der Waals surface area contributed by atoms with Crippen molar-refractivity contribution in [3.63, 3.8) is 0 Å². The van der Waals surface area contributed by atoms with Crippen LogP contribution in [-0.2, 0) is 17.7 Å². The van der Waals surface area contributed by atoms with E-state index in [1.54, 1.807) is 19.4 Å². The van der Waals surface area contributed by atoms with Gasteiger partial charge in [-0.05, 0) is 78.8 Å². The number of carbonyl (C=O) groups is 1. The molecule has 0 aliphatic heterocycles. The average molecular weight is 509 g/mol. The van der Waals surface area contributed by atoms with E-state index in [1.165, 1.54) is 33.1 Å². The Labute approximate surface area is 209 Å². The number of methoxy groups -OCH3 is 1. The Kier molecular flexibility index (Phi) is 6.46. The van der Waals surface area contributed by atoms with Gasteiger partial charge < -0.3 is 18.7 Å². The highest BCUT2D eigenvalue weighted by Gasteiger charge is 2.31. The van der Waals surface area contributed by atoms with Crippen LogP contribution in [0.4, 0.5) is 10.1 Å². The predicted molar refractivity (Wildman–Crippen MR) is 132 cm³/mol. The van der Waals surface area contributed by atoms with Crippen LogP contribution in [0.1, 0.15) is 40.2 Å². The van der Waals surface area contributed by atoms with Crippen LogP contribution < -0.4 is 9.04 Å². The molecule has 2 heterocycles. The lowest BCUT2D eigenvalue weighted by molar-refractivity contribution is 0.0699. The van der Waals surface area contributed by atoms with Crippen molar-refractivity contribution < 1.29 is 27.8 Å². The highest BCUT2D eigenvalue weighted by atomic mass is 32.2. The van der Waals surface area contributed by atoms with Gasteiger partial charge in [0.05, 0.1) is 24.5 Å². The summed E-state index contributed by atoms with van der Waals surface area (Å²) in [4.78, 5) is 12.2. The lowest BCUT2D eigenvalue weighted by Crippen LogP contribution is -2.29. The van der Waals surface area contributed by atoms with Crippen molar-refractivity contribution in [2.24, 2.45) is 0 Å². The molecular weight excluding hydrogens is 485 g/mol. The normalized spacial score (nSPS) is 14.1. The Balaban J connectivity index is 1.58. The predicted octanol–water partition coefficient (Wildman–Crippen LogP) is 4.57. The summed E-state index contributed by atoms with van der Waals surface area (Å²) < 4.78 is 46.0. The van der Waals surface area contributed by atoms with Gasteiger partial charge in [0, 0.05) is 23.4 Å². The number of hydrogen-bond acceptors (Lipinski definition) is 5. The topological polar surface area (TPSA) is 107 Å². The minimum atomic E-state index is -2.56. The molecule has 1 saturated carbocycles. The highest BCUT2D eigenvalue weighted by Crippen LogP contribution is 2.46. The van der Waals surface area contributed by atoms with Gasteiger partial charge >= 0.3 is 5.97 Å². The lowest BCUT2D eigenvalue weighted by Gasteiger charge is -2.28. The minimum Gasteiger partial charge on any atom is -0.755 e. The molecular formula is C26H23FN3O5S-. The van der Waals surface area contributed by atoms with Gasteiger partial charge in [-0.25, -0.2) is 13.7 Å². The molecule has 0 spiro atoms. The molecule has 4 aromatic rings. The molecule has 0 saturated heterocycles. The number of nitrogens with zero attached hydrogens (tertiary/aromatic N) is 3. The molecule has 186 valence electrons. The number of benzene rings is 2. The van der Waals surface area contributed by atoms with E-state index in [0.29, 0.717) is 28.9 Å². The molecule has 0 bridgehead atoms. The minimum absolute atomic E-state index is 0.0110. The summed E-state index contributed by atoms with van der Waals surface area (Å²) in [5.74, 6) is -0.747. The van der Waals surface area contributed by atoms with E-state index in [1.807, 2.05) is 24.3 Å². The number of carboxylic acid groups (broad SMARTS) is 1. The molecule has 0 radical (unpaired) electrons. The number of pyridine rings is 1. The third kappa shape index (κ3) is 4.69. The molecule has 1 unspecified atom stereocenters. The SMILES string of the molecule is COc1ccc(CCN(c2cn3nc(-c4ccc(F)cc4)c(C(=O)O)c3cc2C2CC2)S(=O)[O-])cc1. The van der Waals surface area contributed by atoms with Crippen molar-refractivity contribution >= 4 is 28.4 Å². The molecule has 1 N–H and O–H groups in total. The molecule has 10 heteroatoms. The van der Waals surface area contributed by atoms with Gasteiger partial charge in [0.25, 0.3) is 0 Å². The van der Waals surface area contributed by atoms with E-state index in [4.69, 9.17) is 4.74 Å². The van der Waals surface area contributed by atoms with E-state index in [0.717, 1.165) is 24.0 Å². The molecule has 1 atom stereocenters. The lowest BCUT2D eigenvalue weighted by atomic mass is 10.0. The van der Waals surface area contributed by atoms with E-state index in [-0.39, 0.29) is 23.7 Å². The first kappa shape index (κ1) is 24.0. The molecule has 1 aliphatic carbocycles. The Morgan fingerprint density at radius 3 is 2.50 bits per heavy atom. The van der Waals surface area contributed by atoms with Crippen molar-refractivity contribution in [2.75, 3.05) is 18.0 Å². The summed E-state index contributed by atoms with van der Waals surface area (Å²) in [6, 6.07) is 14.6. The summed E-state index contributed by atoms with van der Waals surface area (Å²) in [6.07, 6.45) is 3.83. The number of hydrogen-bond donors (Lipinski definition) is 1. The van der Waals surface area contributed by atoms with Crippen molar-refractivity contribution in [1.82, 2.24) is 9.61 Å². The third-order valence-electron chi connectivity index (χ3n) is 6.34. The summed E-state index contributed by atoms with van der Waals surface area (Å²) in [5, 5.41) is 14.4. The van der Waals surface area contributed by atoms with Crippen molar-refractivity contribution in [2.45, 2.75) is 25.2 Å². The second-order valence-corrected chi connectivity index (χ2v) is 9.55. The Morgan fingerprint density at radius 2 is 1.92 bits per heavy atom. The first-order chi connectivity index (χ1) is 17.4. The van der Waals surface area contributed by atoms with E-state index < -0.39 is 23.1 Å². The van der Waals surface area contributed by atoms with E-state index >= 15 is 0 Å². The van der Waals surface area contributed by atoms with Gasteiger partial charge in [-0.3, -0.25) is 4.21 Å². The fourth-order valence-corrected chi connectivity index (χ4v) is 4.90. The fourth-order valence-electron chi connectivity index (χ4n) is 4.34. The number of carboxylic acids is 1. The quantitative estimate of drug-likeness (QED) is 0.332. The number of aromatic nitrogens is 2. The van der Waals surface area contributed by atoms with Crippen LogP contribution in [0, 0.1) is 5.82 Å². The van der Waals surface area contributed by atoms with Crippen LogP contribution >= 0.6 is 0 Å². The largest absolute Gasteiger partial charge is 0.755 e. The molecule has 1 fully saturated rings. The molecule has 0 amide bonds. The maximum Gasteiger partial charge on any atom is 0.340 e. The zero-order valence-corrected chi connectivity index (χ0v) is 20.2. The summed E-state index contributed by atoms with van der Waals surface area (Å²) in [6.45, 7) is 0.200. The summed E-state index contributed by atoms with van der Waals surface area (Å²) >= 11 is -2.56. The van der Waals surface area contributed by atoms with E-state index in [2.05, 4.69) is 5.10 Å². The number of anilines is 1. The number of halogens is 1. The van der Waals surface area contributed by atoms with Crippen LogP contribution in [0.2, 0.25) is 0 Å². The monoisotopic (exact) mass is 508 g/mol. The van der Waals surface area contributed by atoms with Crippen LogP contribution in [0.3, 0.4) is 0 Å². The molecule has 1 aliphatic rings. The molecule has 5 rings (SSSR count). The summed E-state index contributed by atoms with van der Waals surface area (Å²) in [5.41, 5.74) is 3.19. The standard InChI is InChI=1S/C26H24FN3O5S/c1-35-20-10-2-16(3-11-20)12-13-30(36(33)34)23-15-29-22(14-21(23)17-4-5-17)24(26(31)32)25(28-29)18-6-8-19(27)9-7-18/h2-3,6-11,14-15,17H,4-5,12-13H2,1H3,(H,31,32)(H,33,34)/p-1. The number of fused-ring (bicyclic) bond motifs is 1. The van der Waals surface area contributed by atoms with Gasteiger partial charge in [0.2, 0.25) is 0 Å². The molecule has 36 heavy (non-hydrogen) atoms. The van der Waals surface area contributed by atoms with Gasteiger partial charge in [-0.15, -0.1) is 0 Å². The summed E-state index contributed by atoms with van der Waals surface area (Å²) in [7, 11) is 1.58. The maximum atomic E-state index is 13.5. The molecule has 2 aromatic heterocycles. The van der Waals surface area contributed by atoms with Gasteiger partial charge in [-0.2, -0.15) is 5.10 Å². The zero-order chi connectivity index (χ0) is 25.4. The van der Waals surface area contributed by atoms with Crippen molar-refractivity contribution in [3.05, 3.63) is 83.3 Å². The van der Waals surface area contributed by atoms with Crippen LogP contribution in [0.25, 0.3) is 16.8 Å². The Bertz CT molecular complexity index is 1450. The zero-order valence-electron chi connectivity index (χ0n) is 19.4. The molecule has 2 aromatic carbocycles. The first-order valence-electron chi connectivity index (χ1n) is 11.4. The average Bonchev–Trinajstić information content (AvgIpc) is 3.64. The van der Waals surface area contributed by atoms with Crippen LogP contribution in [0.5, 0.6) is 5.75 Å². The van der Waals surface area contributed by atoms with Gasteiger partial charge in [0.15, 0.2) is 0 Å². The van der Waals surface area contributed by atoms with Gasteiger partial charge in [0.1, 0.15) is 22.8 Å². The number of ether oxygens (including phenoxy) is 1. The second-order valence-electron chi connectivity index (χ2n) is 8.67. The Hall–Kier alpha value is -3.76. The smallest absolute Gasteiger partial charge is 0.340 e. The van der Waals surface area contributed by atoms with Gasteiger partial charge in [-0.1, -0.05) is 12.1 Å². The number of rotatable bonds is 9. The fraction of sp³-hybridized carbons (Fsp3) is 0.231.